The largest absolute Gasteiger partial charge is 0.396 e. The van der Waals surface area contributed by atoms with E-state index in [1.807, 2.05) is 6.07 Å². The van der Waals surface area contributed by atoms with Gasteiger partial charge in [0.2, 0.25) is 0 Å². The number of nitrogens with two attached hydrogens (primary N) is 1. The third-order valence-corrected chi connectivity index (χ3v) is 6.03. The Morgan fingerprint density at radius 3 is 2.70 bits per heavy atom. The highest BCUT2D eigenvalue weighted by atomic mass is 32.2. The van der Waals surface area contributed by atoms with Gasteiger partial charge in [-0.2, -0.15) is 5.10 Å². The minimum absolute atomic E-state index is 0.0920. The fourth-order valence-electron chi connectivity index (χ4n) is 1.81. The summed E-state index contributed by atoms with van der Waals surface area (Å²) < 4.78 is 24.6. The molecule has 0 fully saturated rings. The molecule has 7 heteroatoms. The number of aromatic nitrogens is 2. The molecule has 0 aliphatic heterocycles. The molecule has 0 saturated carbocycles. The topological polar surface area (TPSA) is 78.0 Å². The Balaban J connectivity index is 2.17. The van der Waals surface area contributed by atoms with Gasteiger partial charge in [-0.1, -0.05) is 13.8 Å². The van der Waals surface area contributed by atoms with Crippen molar-refractivity contribution in [2.75, 3.05) is 17.2 Å². The van der Waals surface area contributed by atoms with E-state index >= 15 is 0 Å². The van der Waals surface area contributed by atoms with E-state index in [0.717, 1.165) is 17.0 Å². The smallest absolute Gasteiger partial charge is 0.151 e. The molecule has 2 heterocycles. The van der Waals surface area contributed by atoms with Crippen LogP contribution in [0.5, 0.6) is 0 Å². The van der Waals surface area contributed by atoms with Gasteiger partial charge in [-0.25, -0.2) is 8.42 Å². The van der Waals surface area contributed by atoms with Gasteiger partial charge in [0.1, 0.15) is 5.69 Å². The average Bonchev–Trinajstić information content (AvgIpc) is 3.02. The summed E-state index contributed by atoms with van der Waals surface area (Å²) in [5.74, 6) is 0.246. The summed E-state index contributed by atoms with van der Waals surface area (Å²) in [6.45, 7) is 4.09. The fraction of sp³-hybridized carbons (Fsp3) is 0.462. The number of aryl methyl sites for hydroxylation is 2. The average molecular weight is 313 g/mol. The van der Waals surface area contributed by atoms with Crippen molar-refractivity contribution in [3.05, 3.63) is 23.2 Å². The van der Waals surface area contributed by atoms with Gasteiger partial charge < -0.3 is 5.73 Å². The van der Waals surface area contributed by atoms with Gasteiger partial charge in [-0.3, -0.25) is 4.68 Å². The van der Waals surface area contributed by atoms with Crippen LogP contribution in [0.25, 0.3) is 10.6 Å². The summed E-state index contributed by atoms with van der Waals surface area (Å²) in [5.41, 5.74) is 7.30. The molecule has 0 spiro atoms. The third kappa shape index (κ3) is 3.40. The highest BCUT2D eigenvalue weighted by molar-refractivity contribution is 7.91. The number of anilines is 1. The zero-order valence-electron chi connectivity index (χ0n) is 11.7. The van der Waals surface area contributed by atoms with Gasteiger partial charge in [0, 0.05) is 16.8 Å². The summed E-state index contributed by atoms with van der Waals surface area (Å²) in [6, 6.07) is 4.08. The predicted molar refractivity (Wildman–Crippen MR) is 83.7 cm³/mol. The summed E-state index contributed by atoms with van der Waals surface area (Å²) in [6.07, 6.45) is 2.69. The van der Waals surface area contributed by atoms with E-state index in [1.165, 1.54) is 4.88 Å². The highest BCUT2D eigenvalue weighted by Gasteiger charge is 2.13. The second-order valence-corrected chi connectivity index (χ2v) is 8.19. The van der Waals surface area contributed by atoms with Crippen molar-refractivity contribution in [2.45, 2.75) is 26.8 Å². The lowest BCUT2D eigenvalue weighted by Gasteiger charge is -2.01. The molecule has 20 heavy (non-hydrogen) atoms. The van der Waals surface area contributed by atoms with Crippen LogP contribution in [0, 0.1) is 0 Å². The molecule has 0 aliphatic rings. The minimum atomic E-state index is -2.98. The molecule has 2 aromatic heterocycles. The zero-order chi connectivity index (χ0) is 14.8. The Hall–Kier alpha value is -1.34. The number of nitrogens with zero attached hydrogens (tertiary/aromatic N) is 2. The van der Waals surface area contributed by atoms with Crippen LogP contribution >= 0.6 is 11.3 Å². The molecule has 110 valence electrons. The normalized spacial score (nSPS) is 11.9. The van der Waals surface area contributed by atoms with E-state index in [0.29, 0.717) is 12.2 Å². The monoisotopic (exact) mass is 313 g/mol. The number of sulfone groups is 1. The molecule has 0 aromatic carbocycles. The minimum Gasteiger partial charge on any atom is -0.396 e. The molecule has 0 saturated heterocycles. The Bertz CT molecular complexity index is 686. The van der Waals surface area contributed by atoms with E-state index in [2.05, 4.69) is 18.1 Å². The first-order valence-electron chi connectivity index (χ1n) is 6.57. The van der Waals surface area contributed by atoms with Gasteiger partial charge in [-0.15, -0.1) is 11.3 Å². The van der Waals surface area contributed by atoms with Crippen LogP contribution in [0.3, 0.4) is 0 Å². The lowest BCUT2D eigenvalue weighted by Crippen LogP contribution is -2.14. The van der Waals surface area contributed by atoms with Gasteiger partial charge in [0.05, 0.1) is 22.9 Å². The van der Waals surface area contributed by atoms with Crippen molar-refractivity contribution in [3.63, 3.8) is 0 Å². The van der Waals surface area contributed by atoms with Gasteiger partial charge in [0.25, 0.3) is 0 Å². The van der Waals surface area contributed by atoms with Crippen molar-refractivity contribution >= 4 is 26.9 Å². The van der Waals surface area contributed by atoms with Crippen LogP contribution in [-0.4, -0.2) is 29.7 Å². The van der Waals surface area contributed by atoms with Crippen LogP contribution < -0.4 is 5.73 Å². The van der Waals surface area contributed by atoms with E-state index in [-0.39, 0.29) is 11.5 Å². The Kier molecular flexibility index (Phi) is 4.49. The Morgan fingerprint density at radius 1 is 1.35 bits per heavy atom. The van der Waals surface area contributed by atoms with Crippen LogP contribution in [0.1, 0.15) is 18.7 Å². The number of hydrogen-bond donors (Lipinski definition) is 1. The summed E-state index contributed by atoms with van der Waals surface area (Å²) in [7, 11) is -2.98. The van der Waals surface area contributed by atoms with E-state index in [4.69, 9.17) is 5.73 Å². The molecule has 0 amide bonds. The molecule has 2 aromatic rings. The Labute approximate surface area is 123 Å². The lowest BCUT2D eigenvalue weighted by atomic mass is 10.3. The molecule has 0 atom stereocenters. The van der Waals surface area contributed by atoms with Crippen molar-refractivity contribution in [1.82, 2.24) is 9.78 Å². The van der Waals surface area contributed by atoms with Crippen LogP contribution in [0.2, 0.25) is 0 Å². The predicted octanol–water partition coefficient (Wildman–Crippen LogP) is 2.19. The third-order valence-electron chi connectivity index (χ3n) is 3.10. The standard InChI is InChI=1S/C13H19N3O2S2/c1-3-10-5-6-12(19-10)13-11(14)9-16(15-13)7-8-20(17,18)4-2/h5-6,9H,3-4,7-8,14H2,1-2H3. The maximum Gasteiger partial charge on any atom is 0.151 e. The zero-order valence-corrected chi connectivity index (χ0v) is 13.3. The maximum absolute atomic E-state index is 11.5. The second-order valence-electron chi connectivity index (χ2n) is 4.55. The molecule has 2 N–H and O–H groups in total. The Morgan fingerprint density at radius 2 is 2.10 bits per heavy atom. The van der Waals surface area contributed by atoms with Crippen molar-refractivity contribution in [3.8, 4) is 10.6 Å². The van der Waals surface area contributed by atoms with Crippen LogP contribution in [0.4, 0.5) is 5.69 Å². The van der Waals surface area contributed by atoms with Crippen molar-refractivity contribution < 1.29 is 8.42 Å². The molecule has 5 nitrogen and oxygen atoms in total. The van der Waals surface area contributed by atoms with E-state index < -0.39 is 9.84 Å². The van der Waals surface area contributed by atoms with E-state index in [1.54, 1.807) is 29.1 Å². The maximum atomic E-state index is 11.5. The number of thiophene rings is 1. The van der Waals surface area contributed by atoms with Crippen LogP contribution in [0.15, 0.2) is 18.3 Å². The number of nitrogen functional groups attached to an aromatic ring is 1. The number of rotatable bonds is 6. The molecular weight excluding hydrogens is 294 g/mol. The van der Waals surface area contributed by atoms with Crippen molar-refractivity contribution in [2.24, 2.45) is 0 Å². The van der Waals surface area contributed by atoms with Crippen molar-refractivity contribution in [1.29, 1.82) is 0 Å². The lowest BCUT2D eigenvalue weighted by molar-refractivity contribution is 0.582. The second kappa shape index (κ2) is 5.97. The first-order chi connectivity index (χ1) is 9.45. The molecule has 2 rings (SSSR count). The van der Waals surface area contributed by atoms with Gasteiger partial charge in [-0.05, 0) is 18.6 Å². The van der Waals surface area contributed by atoms with Gasteiger partial charge in [0.15, 0.2) is 9.84 Å². The number of hydrogen-bond acceptors (Lipinski definition) is 5. The fourth-order valence-corrected chi connectivity index (χ4v) is 3.52. The molecule has 0 aliphatic carbocycles. The molecule has 0 unspecified atom stereocenters. The first kappa shape index (κ1) is 15.1. The van der Waals surface area contributed by atoms with Crippen LogP contribution in [-0.2, 0) is 22.8 Å². The van der Waals surface area contributed by atoms with Gasteiger partial charge >= 0.3 is 0 Å². The SMILES string of the molecule is CCc1ccc(-c2nn(CCS(=O)(=O)CC)cc2N)s1. The molecule has 0 bridgehead atoms. The first-order valence-corrected chi connectivity index (χ1v) is 9.21. The molecular formula is C13H19N3O2S2. The summed E-state index contributed by atoms with van der Waals surface area (Å²) >= 11 is 1.67. The quantitative estimate of drug-likeness (QED) is 0.886. The highest BCUT2D eigenvalue weighted by Crippen LogP contribution is 2.31. The van der Waals surface area contributed by atoms with E-state index in [9.17, 15) is 8.42 Å². The summed E-state index contributed by atoms with van der Waals surface area (Å²) in [5, 5.41) is 4.40. The molecule has 0 radical (unpaired) electrons. The summed E-state index contributed by atoms with van der Waals surface area (Å²) in [4.78, 5) is 2.30.